The first-order valence-corrected chi connectivity index (χ1v) is 15.4. The molecular weight excluding hydrogens is 466 g/mol. The Morgan fingerprint density at radius 1 is 1.03 bits per heavy atom. The Hall–Kier alpha value is -2.03. The standard InChI is InChI=1S/C35H51NO2/c1-23(2)11-7-8-12-25-17-21-35(6)29-16-15-27-24(3)31(38-32(37)26-13-9-10-14-30(26)36)19-20-33(27,4)28(29)18-22-34(25,35)5/h9-11,13-14,24-25,27,31H,7-8,12,15-22,36H2,1-6H3/t24?,25?,27?,31?,33?,34?,35-/m0/s1. The van der Waals surface area contributed by atoms with Crippen molar-refractivity contribution in [1.29, 1.82) is 0 Å². The molecule has 0 aromatic heterocycles. The average Bonchev–Trinajstić information content (AvgIpc) is 3.14. The molecule has 0 spiro atoms. The number of nitrogens with two attached hydrogens (primary N) is 1. The number of carbonyl (C=O) groups is 1. The summed E-state index contributed by atoms with van der Waals surface area (Å²) < 4.78 is 6.14. The van der Waals surface area contributed by atoms with Crippen LogP contribution in [0.25, 0.3) is 0 Å². The number of benzene rings is 1. The van der Waals surface area contributed by atoms with Crippen LogP contribution in [-0.4, -0.2) is 12.1 Å². The van der Waals surface area contributed by atoms with E-state index in [9.17, 15) is 4.79 Å². The van der Waals surface area contributed by atoms with E-state index in [0.29, 0.717) is 33.9 Å². The second-order valence-corrected chi connectivity index (χ2v) is 14.1. The molecule has 0 radical (unpaired) electrons. The summed E-state index contributed by atoms with van der Waals surface area (Å²) in [6.07, 6.45) is 16.3. The number of ether oxygens (including phenoxy) is 1. The Labute approximate surface area is 231 Å². The van der Waals surface area contributed by atoms with Gasteiger partial charge in [0.25, 0.3) is 0 Å². The molecule has 0 aliphatic heterocycles. The Bertz CT molecular complexity index is 1130. The fourth-order valence-corrected chi connectivity index (χ4v) is 9.67. The summed E-state index contributed by atoms with van der Waals surface area (Å²) in [5.74, 6) is 1.54. The summed E-state index contributed by atoms with van der Waals surface area (Å²) in [7, 11) is 0. The summed E-state index contributed by atoms with van der Waals surface area (Å²) in [6.45, 7) is 14.6. The lowest BCUT2D eigenvalue weighted by atomic mass is 9.45. The lowest BCUT2D eigenvalue weighted by Gasteiger charge is -2.59. The largest absolute Gasteiger partial charge is 0.458 e. The van der Waals surface area contributed by atoms with E-state index in [1.54, 1.807) is 12.1 Å². The molecule has 0 heterocycles. The highest BCUT2D eigenvalue weighted by Crippen LogP contribution is 2.71. The molecule has 2 fully saturated rings. The average molecular weight is 518 g/mol. The number of para-hydroxylation sites is 1. The van der Waals surface area contributed by atoms with Crippen LogP contribution in [0.2, 0.25) is 0 Å². The summed E-state index contributed by atoms with van der Waals surface area (Å²) >= 11 is 0. The van der Waals surface area contributed by atoms with Crippen molar-refractivity contribution < 1.29 is 9.53 Å². The van der Waals surface area contributed by atoms with Gasteiger partial charge in [0.05, 0.1) is 5.56 Å². The third-order valence-corrected chi connectivity index (χ3v) is 12.2. The van der Waals surface area contributed by atoms with Crippen molar-refractivity contribution >= 4 is 11.7 Å². The van der Waals surface area contributed by atoms with Crippen molar-refractivity contribution in [3.63, 3.8) is 0 Å². The van der Waals surface area contributed by atoms with Crippen LogP contribution in [0.1, 0.15) is 123 Å². The maximum atomic E-state index is 13.0. The first kappa shape index (κ1) is 27.5. The Balaban J connectivity index is 1.33. The number of fused-ring (bicyclic) bond motifs is 4. The molecule has 3 nitrogen and oxygen atoms in total. The fraction of sp³-hybridized carbons (Fsp3) is 0.686. The minimum absolute atomic E-state index is 0.0246. The van der Waals surface area contributed by atoms with E-state index < -0.39 is 0 Å². The van der Waals surface area contributed by atoms with Crippen LogP contribution in [0.5, 0.6) is 0 Å². The maximum Gasteiger partial charge on any atom is 0.340 e. The van der Waals surface area contributed by atoms with Gasteiger partial charge in [0.15, 0.2) is 0 Å². The van der Waals surface area contributed by atoms with Gasteiger partial charge in [-0.1, -0.05) is 62.6 Å². The molecule has 38 heavy (non-hydrogen) atoms. The van der Waals surface area contributed by atoms with Crippen LogP contribution in [0.15, 0.2) is 47.1 Å². The Kier molecular flexibility index (Phi) is 7.37. The molecule has 1 aromatic rings. The summed E-state index contributed by atoms with van der Waals surface area (Å²) in [5, 5.41) is 0. The maximum absolute atomic E-state index is 13.0. The van der Waals surface area contributed by atoms with Gasteiger partial charge in [0.1, 0.15) is 6.10 Å². The zero-order valence-corrected chi connectivity index (χ0v) is 24.9. The van der Waals surface area contributed by atoms with Gasteiger partial charge < -0.3 is 10.5 Å². The van der Waals surface area contributed by atoms with Crippen LogP contribution in [0.3, 0.4) is 0 Å². The number of esters is 1. The fourth-order valence-electron chi connectivity index (χ4n) is 9.67. The zero-order chi connectivity index (χ0) is 27.3. The SMILES string of the molecule is CC(C)=CCCCC1CC[C@@]2(C)C3=C(CCC12C)C1(C)CCC(OC(=O)c2ccccc2N)C(C)C1CC3. The number of hydrogen-bond acceptors (Lipinski definition) is 3. The summed E-state index contributed by atoms with van der Waals surface area (Å²) in [4.78, 5) is 13.0. The molecule has 2 saturated carbocycles. The topological polar surface area (TPSA) is 52.3 Å². The van der Waals surface area contributed by atoms with Gasteiger partial charge >= 0.3 is 5.97 Å². The quantitative estimate of drug-likeness (QED) is 0.177. The highest BCUT2D eigenvalue weighted by molar-refractivity contribution is 5.95. The van der Waals surface area contributed by atoms with Crippen LogP contribution in [-0.2, 0) is 4.74 Å². The van der Waals surface area contributed by atoms with Gasteiger partial charge in [-0.25, -0.2) is 4.79 Å². The van der Waals surface area contributed by atoms with Gasteiger partial charge in [-0.3, -0.25) is 0 Å². The number of anilines is 1. The predicted octanol–water partition coefficient (Wildman–Crippen LogP) is 9.29. The van der Waals surface area contributed by atoms with Gasteiger partial charge in [0, 0.05) is 5.69 Å². The van der Waals surface area contributed by atoms with E-state index in [1.807, 2.05) is 23.3 Å². The minimum Gasteiger partial charge on any atom is -0.458 e. The van der Waals surface area contributed by atoms with Gasteiger partial charge in [-0.05, 0) is 131 Å². The predicted molar refractivity (Wildman–Crippen MR) is 158 cm³/mol. The highest BCUT2D eigenvalue weighted by Gasteiger charge is 2.61. The van der Waals surface area contributed by atoms with Crippen LogP contribution < -0.4 is 5.73 Å². The van der Waals surface area contributed by atoms with E-state index in [0.717, 1.165) is 18.8 Å². The first-order chi connectivity index (χ1) is 18.0. The number of carbonyl (C=O) groups excluding carboxylic acids is 1. The Morgan fingerprint density at radius 2 is 1.79 bits per heavy atom. The van der Waals surface area contributed by atoms with E-state index in [1.165, 1.54) is 63.4 Å². The molecule has 0 bridgehead atoms. The van der Waals surface area contributed by atoms with Crippen LogP contribution in [0, 0.1) is 34.0 Å². The van der Waals surface area contributed by atoms with E-state index in [4.69, 9.17) is 10.5 Å². The van der Waals surface area contributed by atoms with Crippen molar-refractivity contribution in [2.45, 2.75) is 118 Å². The van der Waals surface area contributed by atoms with Crippen LogP contribution in [0.4, 0.5) is 5.69 Å². The molecule has 208 valence electrons. The van der Waals surface area contributed by atoms with Crippen molar-refractivity contribution in [3.8, 4) is 0 Å². The molecule has 3 heteroatoms. The van der Waals surface area contributed by atoms with E-state index in [2.05, 4.69) is 47.6 Å². The monoisotopic (exact) mass is 517 g/mol. The molecule has 4 aliphatic rings. The van der Waals surface area contributed by atoms with Crippen LogP contribution >= 0.6 is 0 Å². The van der Waals surface area contributed by atoms with Crippen molar-refractivity contribution in [2.75, 3.05) is 5.73 Å². The Morgan fingerprint density at radius 3 is 2.53 bits per heavy atom. The molecule has 5 rings (SSSR count). The summed E-state index contributed by atoms with van der Waals surface area (Å²) in [5.41, 5.74) is 13.2. The third-order valence-electron chi connectivity index (χ3n) is 12.2. The smallest absolute Gasteiger partial charge is 0.340 e. The molecule has 6 unspecified atom stereocenters. The number of allylic oxidation sites excluding steroid dienone is 4. The second-order valence-electron chi connectivity index (χ2n) is 14.1. The minimum atomic E-state index is -0.262. The van der Waals surface area contributed by atoms with Crippen molar-refractivity contribution in [1.82, 2.24) is 0 Å². The molecule has 7 atom stereocenters. The number of unbranched alkanes of at least 4 members (excludes halogenated alkanes) is 1. The lowest BCUT2D eigenvalue weighted by Crippen LogP contribution is -2.51. The normalized spacial score (nSPS) is 38.2. The third kappa shape index (κ3) is 4.37. The molecule has 0 amide bonds. The van der Waals surface area contributed by atoms with Gasteiger partial charge in [-0.15, -0.1) is 0 Å². The van der Waals surface area contributed by atoms with E-state index in [-0.39, 0.29) is 17.5 Å². The second kappa shape index (κ2) is 10.2. The zero-order valence-electron chi connectivity index (χ0n) is 24.9. The van der Waals surface area contributed by atoms with E-state index >= 15 is 0 Å². The molecule has 2 N–H and O–H groups in total. The highest BCUT2D eigenvalue weighted by atomic mass is 16.5. The van der Waals surface area contributed by atoms with Gasteiger partial charge in [-0.2, -0.15) is 0 Å². The first-order valence-electron chi connectivity index (χ1n) is 15.4. The van der Waals surface area contributed by atoms with Gasteiger partial charge in [0.2, 0.25) is 0 Å². The number of hydrogen-bond donors (Lipinski definition) is 1. The van der Waals surface area contributed by atoms with Crippen molar-refractivity contribution in [3.05, 3.63) is 52.6 Å². The molecule has 4 aliphatic carbocycles. The molecule has 1 aromatic carbocycles. The van der Waals surface area contributed by atoms with Crippen molar-refractivity contribution in [2.24, 2.45) is 34.0 Å². The summed E-state index contributed by atoms with van der Waals surface area (Å²) in [6, 6.07) is 7.28. The molecular formula is C35H51NO2. The number of nitrogen functional groups attached to an aromatic ring is 1. The molecule has 0 saturated heterocycles. The lowest BCUT2D eigenvalue weighted by molar-refractivity contribution is -0.0544. The number of rotatable bonds is 6.